The summed E-state index contributed by atoms with van der Waals surface area (Å²) in [5.74, 6) is -0.0910. The topological polar surface area (TPSA) is 69.6 Å². The first-order valence-electron chi connectivity index (χ1n) is 25.1. The molecular formula is C56H95NO3. The molecule has 2 unspecified atom stereocenters. The number of nitrogens with one attached hydrogen (secondary N) is 1. The van der Waals surface area contributed by atoms with Crippen LogP contribution in [0.25, 0.3) is 0 Å². The Balaban J connectivity index is 3.68. The summed E-state index contributed by atoms with van der Waals surface area (Å²) in [4.78, 5) is 12.4. The molecule has 0 rings (SSSR count). The highest BCUT2D eigenvalue weighted by atomic mass is 16.3. The number of amides is 1. The number of hydrogen-bond donors (Lipinski definition) is 3. The van der Waals surface area contributed by atoms with E-state index in [2.05, 4.69) is 116 Å². The lowest BCUT2D eigenvalue weighted by molar-refractivity contribution is -0.123. The number of carbonyl (C=O) groups excluding carboxylic acids is 1. The monoisotopic (exact) mass is 830 g/mol. The molecule has 4 nitrogen and oxygen atoms in total. The lowest BCUT2D eigenvalue weighted by atomic mass is 10.1. The van der Waals surface area contributed by atoms with Crippen molar-refractivity contribution in [2.75, 3.05) is 6.61 Å². The Morgan fingerprint density at radius 1 is 0.417 bits per heavy atom. The van der Waals surface area contributed by atoms with Crippen LogP contribution >= 0.6 is 0 Å². The van der Waals surface area contributed by atoms with Gasteiger partial charge in [0.25, 0.3) is 0 Å². The van der Waals surface area contributed by atoms with Gasteiger partial charge in [-0.05, 0) is 96.3 Å². The molecular weight excluding hydrogens is 735 g/mol. The highest BCUT2D eigenvalue weighted by molar-refractivity contribution is 5.76. The van der Waals surface area contributed by atoms with Crippen molar-refractivity contribution in [3.05, 3.63) is 109 Å². The normalized spacial score (nSPS) is 13.9. The molecule has 0 saturated heterocycles. The first-order chi connectivity index (χ1) is 29.7. The third-order valence-corrected chi connectivity index (χ3v) is 10.7. The summed E-state index contributed by atoms with van der Waals surface area (Å²) in [7, 11) is 0. The van der Waals surface area contributed by atoms with E-state index in [1.165, 1.54) is 109 Å². The number of unbranched alkanes of at least 4 members (excludes halogenated alkanes) is 21. The minimum atomic E-state index is -0.882. The van der Waals surface area contributed by atoms with Gasteiger partial charge in [0.1, 0.15) is 0 Å². The molecule has 342 valence electrons. The maximum absolute atomic E-state index is 12.4. The largest absolute Gasteiger partial charge is 0.394 e. The second-order valence-corrected chi connectivity index (χ2v) is 16.5. The summed E-state index contributed by atoms with van der Waals surface area (Å²) < 4.78 is 0. The Kier molecular flexibility index (Phi) is 47.9. The first kappa shape index (κ1) is 57.1. The van der Waals surface area contributed by atoms with Crippen LogP contribution in [0.15, 0.2) is 109 Å². The van der Waals surface area contributed by atoms with E-state index in [1.807, 2.05) is 6.08 Å². The Hall–Kier alpha value is -2.95. The molecule has 0 aromatic carbocycles. The smallest absolute Gasteiger partial charge is 0.220 e. The maximum Gasteiger partial charge on any atom is 0.220 e. The predicted molar refractivity (Wildman–Crippen MR) is 266 cm³/mol. The molecule has 0 fully saturated rings. The molecule has 60 heavy (non-hydrogen) atoms. The van der Waals surface area contributed by atoms with Crippen LogP contribution in [0.2, 0.25) is 0 Å². The molecule has 0 heterocycles. The van der Waals surface area contributed by atoms with Crippen molar-refractivity contribution in [3.8, 4) is 0 Å². The van der Waals surface area contributed by atoms with Crippen LogP contribution in [-0.2, 0) is 4.79 Å². The lowest BCUT2D eigenvalue weighted by Gasteiger charge is -2.19. The summed E-state index contributed by atoms with van der Waals surface area (Å²) in [5, 5.41) is 23.1. The van der Waals surface area contributed by atoms with Crippen LogP contribution in [-0.4, -0.2) is 34.9 Å². The summed E-state index contributed by atoms with van der Waals surface area (Å²) >= 11 is 0. The van der Waals surface area contributed by atoms with Crippen molar-refractivity contribution in [3.63, 3.8) is 0 Å². The van der Waals surface area contributed by atoms with Crippen LogP contribution in [0.5, 0.6) is 0 Å². The van der Waals surface area contributed by atoms with Gasteiger partial charge < -0.3 is 15.5 Å². The quantitative estimate of drug-likeness (QED) is 0.0423. The van der Waals surface area contributed by atoms with Crippen LogP contribution < -0.4 is 5.32 Å². The van der Waals surface area contributed by atoms with Gasteiger partial charge in [-0.1, -0.05) is 226 Å². The van der Waals surface area contributed by atoms with Gasteiger partial charge in [0.05, 0.1) is 18.8 Å². The van der Waals surface area contributed by atoms with Gasteiger partial charge in [-0.3, -0.25) is 4.79 Å². The number of aliphatic hydroxyl groups excluding tert-OH is 2. The zero-order valence-electron chi connectivity index (χ0n) is 39.2. The van der Waals surface area contributed by atoms with Crippen LogP contribution in [0.1, 0.15) is 219 Å². The van der Waals surface area contributed by atoms with Crippen molar-refractivity contribution < 1.29 is 15.0 Å². The molecule has 0 aliphatic rings. The van der Waals surface area contributed by atoms with E-state index >= 15 is 0 Å². The van der Waals surface area contributed by atoms with Gasteiger partial charge in [-0.25, -0.2) is 0 Å². The van der Waals surface area contributed by atoms with Crippen molar-refractivity contribution in [2.24, 2.45) is 0 Å². The molecule has 0 radical (unpaired) electrons. The summed E-state index contributed by atoms with van der Waals surface area (Å²) in [6.07, 6.45) is 76.4. The molecule has 0 aromatic rings. The second kappa shape index (κ2) is 50.4. The molecule has 2 atom stereocenters. The summed E-state index contributed by atoms with van der Waals surface area (Å²) in [5.41, 5.74) is 0. The number of rotatable bonds is 44. The second-order valence-electron chi connectivity index (χ2n) is 16.5. The number of hydrogen-bond acceptors (Lipinski definition) is 3. The van der Waals surface area contributed by atoms with E-state index in [1.54, 1.807) is 6.08 Å². The fraction of sp³-hybridized carbons (Fsp3) is 0.661. The average molecular weight is 830 g/mol. The van der Waals surface area contributed by atoms with Crippen LogP contribution in [0, 0.1) is 0 Å². The molecule has 1 amide bonds. The van der Waals surface area contributed by atoms with Crippen LogP contribution in [0.4, 0.5) is 0 Å². The molecule has 4 heteroatoms. The predicted octanol–water partition coefficient (Wildman–Crippen LogP) is 16.4. The van der Waals surface area contributed by atoms with E-state index in [0.29, 0.717) is 6.42 Å². The molecule has 0 aliphatic carbocycles. The zero-order chi connectivity index (χ0) is 43.5. The SMILES string of the molecule is CC/C=C\C/C=C\C/C=C\C/C=C\C/C=C\C/C=C\CCCCCCCCCCC(=O)NC(CO)C(O)/C=C/CC/C=C/CC/C=C/CCCCCCCCCCCCC. The Bertz CT molecular complexity index is 1170. The molecule has 0 saturated carbocycles. The van der Waals surface area contributed by atoms with E-state index in [0.717, 1.165) is 89.9 Å². The highest BCUT2D eigenvalue weighted by Gasteiger charge is 2.17. The number of aliphatic hydroxyl groups is 2. The fourth-order valence-electron chi connectivity index (χ4n) is 6.92. The van der Waals surface area contributed by atoms with E-state index in [-0.39, 0.29) is 12.5 Å². The van der Waals surface area contributed by atoms with E-state index < -0.39 is 12.1 Å². The van der Waals surface area contributed by atoms with Crippen molar-refractivity contribution >= 4 is 5.91 Å². The molecule has 3 N–H and O–H groups in total. The van der Waals surface area contributed by atoms with E-state index in [9.17, 15) is 15.0 Å². The van der Waals surface area contributed by atoms with Gasteiger partial charge >= 0.3 is 0 Å². The van der Waals surface area contributed by atoms with Gasteiger partial charge in [0, 0.05) is 6.42 Å². The maximum atomic E-state index is 12.4. The third-order valence-electron chi connectivity index (χ3n) is 10.7. The molecule has 0 spiro atoms. The molecule has 0 aromatic heterocycles. The van der Waals surface area contributed by atoms with Crippen molar-refractivity contribution in [1.29, 1.82) is 0 Å². The average Bonchev–Trinajstić information content (AvgIpc) is 3.25. The van der Waals surface area contributed by atoms with Gasteiger partial charge in [-0.2, -0.15) is 0 Å². The summed E-state index contributed by atoms with van der Waals surface area (Å²) in [6.45, 7) is 4.17. The highest BCUT2D eigenvalue weighted by Crippen LogP contribution is 2.13. The minimum Gasteiger partial charge on any atom is -0.394 e. The standard InChI is InChI=1S/C56H95NO3/c1-3-5-7-9-11-13-15-17-19-21-23-25-26-27-28-29-30-32-34-36-38-40-42-44-46-48-50-52-56(60)57-54(53-58)55(59)51-49-47-45-43-41-39-37-35-33-31-24-22-20-18-16-14-12-10-8-6-4-2/h5,7,11,13,17,19,23,25,27-28,30,32-33,35,41,43,49,51,54-55,58-59H,3-4,6,8-10,12,14-16,18,20-22,24,26,29,31,34,36-40,42,44-48,50,52-53H2,1-2H3,(H,57,60)/b7-5-,13-11-,19-17-,25-23-,28-27-,32-30-,35-33+,43-41+,51-49+. The van der Waals surface area contributed by atoms with Crippen molar-refractivity contribution in [2.45, 2.75) is 231 Å². The number of allylic oxidation sites excluding steroid dienone is 17. The zero-order valence-corrected chi connectivity index (χ0v) is 39.2. The first-order valence-corrected chi connectivity index (χ1v) is 25.1. The Labute approximate surface area is 372 Å². The third kappa shape index (κ3) is 46.1. The summed E-state index contributed by atoms with van der Waals surface area (Å²) in [6, 6.07) is -0.658. The molecule has 0 aliphatic heterocycles. The van der Waals surface area contributed by atoms with Crippen LogP contribution in [0.3, 0.4) is 0 Å². The minimum absolute atomic E-state index is 0.0910. The Morgan fingerprint density at radius 3 is 1.17 bits per heavy atom. The number of carbonyl (C=O) groups is 1. The van der Waals surface area contributed by atoms with E-state index in [4.69, 9.17) is 0 Å². The van der Waals surface area contributed by atoms with Gasteiger partial charge in [0.15, 0.2) is 0 Å². The van der Waals surface area contributed by atoms with Crippen molar-refractivity contribution in [1.82, 2.24) is 5.32 Å². The lowest BCUT2D eigenvalue weighted by Crippen LogP contribution is -2.45. The fourth-order valence-corrected chi connectivity index (χ4v) is 6.92. The molecule has 0 bridgehead atoms. The van der Waals surface area contributed by atoms with Gasteiger partial charge in [0.2, 0.25) is 5.91 Å². The van der Waals surface area contributed by atoms with Gasteiger partial charge in [-0.15, -0.1) is 0 Å². The Morgan fingerprint density at radius 2 is 0.750 bits per heavy atom.